The molecule has 0 radical (unpaired) electrons. The lowest BCUT2D eigenvalue weighted by Gasteiger charge is -2.07. The van der Waals surface area contributed by atoms with E-state index in [4.69, 9.17) is 4.74 Å². The van der Waals surface area contributed by atoms with Crippen molar-refractivity contribution in [2.45, 2.75) is 26.2 Å². The molecule has 4 nitrogen and oxygen atoms in total. The molecule has 112 valence electrons. The van der Waals surface area contributed by atoms with Gasteiger partial charge in [0.05, 0.1) is 6.54 Å². The van der Waals surface area contributed by atoms with E-state index in [-0.39, 0.29) is 18.3 Å². The Morgan fingerprint density at radius 1 is 1.30 bits per heavy atom. The van der Waals surface area contributed by atoms with Gasteiger partial charge >= 0.3 is 0 Å². The lowest BCUT2D eigenvalue weighted by molar-refractivity contribution is -0.115. The van der Waals surface area contributed by atoms with Crippen LogP contribution in [0.5, 0.6) is 0 Å². The monoisotopic (exact) mass is 282 g/mol. The molecular formula is C15H23FN2O2. The molecule has 20 heavy (non-hydrogen) atoms. The van der Waals surface area contributed by atoms with Crippen LogP contribution in [0.3, 0.4) is 0 Å². The van der Waals surface area contributed by atoms with Crippen LogP contribution < -0.4 is 10.6 Å². The summed E-state index contributed by atoms with van der Waals surface area (Å²) >= 11 is 0. The first-order valence-electron chi connectivity index (χ1n) is 7.06. The van der Waals surface area contributed by atoms with Crippen LogP contribution in [-0.4, -0.2) is 32.2 Å². The molecule has 1 aromatic carbocycles. The lowest BCUT2D eigenvalue weighted by atomic mass is 10.3. The fourth-order valence-electron chi connectivity index (χ4n) is 1.62. The van der Waals surface area contributed by atoms with Crippen molar-refractivity contribution in [1.29, 1.82) is 0 Å². The van der Waals surface area contributed by atoms with Gasteiger partial charge in [0.1, 0.15) is 5.82 Å². The topological polar surface area (TPSA) is 50.4 Å². The summed E-state index contributed by atoms with van der Waals surface area (Å²) in [5, 5.41) is 5.65. The number of carbonyl (C=O) groups excluding carboxylic acids is 1. The summed E-state index contributed by atoms with van der Waals surface area (Å²) in [6.45, 7) is 4.57. The van der Waals surface area contributed by atoms with E-state index in [1.807, 2.05) is 0 Å². The molecule has 0 aromatic heterocycles. The number of benzene rings is 1. The van der Waals surface area contributed by atoms with E-state index >= 15 is 0 Å². The van der Waals surface area contributed by atoms with Crippen LogP contribution in [0.1, 0.15) is 26.2 Å². The second kappa shape index (κ2) is 10.3. The Bertz CT molecular complexity index is 399. The number of ether oxygens (including phenoxy) is 1. The van der Waals surface area contributed by atoms with Gasteiger partial charge in [-0.05, 0) is 37.6 Å². The van der Waals surface area contributed by atoms with Gasteiger partial charge < -0.3 is 15.4 Å². The summed E-state index contributed by atoms with van der Waals surface area (Å²) in [7, 11) is 0. The summed E-state index contributed by atoms with van der Waals surface area (Å²) in [4.78, 5) is 11.6. The number of carbonyl (C=O) groups is 1. The molecule has 0 fully saturated rings. The first-order chi connectivity index (χ1) is 9.72. The predicted octanol–water partition coefficient (Wildman–Crippen LogP) is 2.56. The fourth-order valence-corrected chi connectivity index (χ4v) is 1.62. The maximum absolute atomic E-state index is 12.9. The molecule has 0 aliphatic carbocycles. The average molecular weight is 282 g/mol. The smallest absolute Gasteiger partial charge is 0.238 e. The van der Waals surface area contributed by atoms with Crippen LogP contribution in [-0.2, 0) is 9.53 Å². The normalized spacial score (nSPS) is 10.5. The predicted molar refractivity (Wildman–Crippen MR) is 78.2 cm³/mol. The van der Waals surface area contributed by atoms with Crippen molar-refractivity contribution < 1.29 is 13.9 Å². The van der Waals surface area contributed by atoms with E-state index in [2.05, 4.69) is 17.6 Å². The van der Waals surface area contributed by atoms with Gasteiger partial charge in [-0.2, -0.15) is 0 Å². The van der Waals surface area contributed by atoms with Crippen LogP contribution in [0.15, 0.2) is 24.3 Å². The van der Waals surface area contributed by atoms with E-state index in [9.17, 15) is 9.18 Å². The molecule has 0 unspecified atom stereocenters. The van der Waals surface area contributed by atoms with Gasteiger partial charge in [0.25, 0.3) is 0 Å². The Kier molecular flexibility index (Phi) is 8.58. The van der Waals surface area contributed by atoms with Crippen LogP contribution in [0, 0.1) is 5.82 Å². The van der Waals surface area contributed by atoms with Crippen molar-refractivity contribution in [3.05, 3.63) is 30.1 Å². The van der Waals surface area contributed by atoms with Crippen molar-refractivity contribution in [3.63, 3.8) is 0 Å². The molecule has 1 amide bonds. The lowest BCUT2D eigenvalue weighted by Crippen LogP contribution is -2.29. The summed E-state index contributed by atoms with van der Waals surface area (Å²) < 4.78 is 18.3. The third-order valence-corrected chi connectivity index (χ3v) is 2.68. The second-order valence-corrected chi connectivity index (χ2v) is 4.55. The van der Waals surface area contributed by atoms with Crippen molar-refractivity contribution in [1.82, 2.24) is 5.32 Å². The van der Waals surface area contributed by atoms with E-state index in [1.165, 1.54) is 12.1 Å². The Morgan fingerprint density at radius 3 is 2.85 bits per heavy atom. The van der Waals surface area contributed by atoms with E-state index in [1.54, 1.807) is 12.1 Å². The number of nitrogens with one attached hydrogen (secondary N) is 2. The highest BCUT2D eigenvalue weighted by Gasteiger charge is 2.02. The minimum Gasteiger partial charge on any atom is -0.381 e. The number of hydrogen-bond acceptors (Lipinski definition) is 3. The van der Waals surface area contributed by atoms with Gasteiger partial charge in [0, 0.05) is 18.9 Å². The largest absolute Gasteiger partial charge is 0.381 e. The van der Waals surface area contributed by atoms with Gasteiger partial charge in [0.2, 0.25) is 5.91 Å². The number of unbranched alkanes of at least 4 members (excludes halogenated alkanes) is 1. The van der Waals surface area contributed by atoms with Crippen molar-refractivity contribution in [2.75, 3.05) is 31.6 Å². The zero-order valence-electron chi connectivity index (χ0n) is 12.0. The first kappa shape index (κ1) is 16.6. The van der Waals surface area contributed by atoms with Crippen molar-refractivity contribution in [2.24, 2.45) is 0 Å². The summed E-state index contributed by atoms with van der Waals surface area (Å²) in [6, 6.07) is 5.85. The quantitative estimate of drug-likeness (QED) is 0.648. The number of rotatable bonds is 10. The van der Waals surface area contributed by atoms with E-state index in [0.717, 1.165) is 32.4 Å². The second-order valence-electron chi connectivity index (χ2n) is 4.55. The summed E-state index contributed by atoms with van der Waals surface area (Å²) in [6.07, 6.45) is 3.10. The average Bonchev–Trinajstić information content (AvgIpc) is 2.42. The summed E-state index contributed by atoms with van der Waals surface area (Å²) in [5.74, 6) is -0.539. The molecule has 0 atom stereocenters. The van der Waals surface area contributed by atoms with Gasteiger partial charge in [-0.25, -0.2) is 4.39 Å². The maximum atomic E-state index is 12.9. The minimum absolute atomic E-state index is 0.178. The van der Waals surface area contributed by atoms with Gasteiger partial charge in [0.15, 0.2) is 0 Å². The molecule has 2 N–H and O–H groups in total. The third-order valence-electron chi connectivity index (χ3n) is 2.68. The zero-order chi connectivity index (χ0) is 14.6. The van der Waals surface area contributed by atoms with Crippen LogP contribution in [0.25, 0.3) is 0 Å². The third kappa shape index (κ3) is 7.86. The molecule has 1 aromatic rings. The Labute approximate surface area is 119 Å². The van der Waals surface area contributed by atoms with Crippen LogP contribution in [0.4, 0.5) is 10.1 Å². The van der Waals surface area contributed by atoms with Crippen molar-refractivity contribution >= 4 is 11.6 Å². The SMILES string of the molecule is CCCCOCCCNCC(=O)Nc1cccc(F)c1. The van der Waals surface area contributed by atoms with Crippen molar-refractivity contribution in [3.8, 4) is 0 Å². The number of hydrogen-bond donors (Lipinski definition) is 2. The maximum Gasteiger partial charge on any atom is 0.238 e. The van der Waals surface area contributed by atoms with Crippen LogP contribution >= 0.6 is 0 Å². The number of anilines is 1. The zero-order valence-corrected chi connectivity index (χ0v) is 12.0. The molecular weight excluding hydrogens is 259 g/mol. The highest BCUT2D eigenvalue weighted by Crippen LogP contribution is 2.08. The number of amides is 1. The molecule has 0 bridgehead atoms. The summed E-state index contributed by atoms with van der Waals surface area (Å²) in [5.41, 5.74) is 0.472. The molecule has 0 heterocycles. The van der Waals surface area contributed by atoms with Gasteiger partial charge in [-0.15, -0.1) is 0 Å². The molecule has 1 rings (SSSR count). The van der Waals surface area contributed by atoms with E-state index in [0.29, 0.717) is 12.3 Å². The molecule has 0 saturated heterocycles. The minimum atomic E-state index is -0.361. The molecule has 0 saturated carbocycles. The Balaban J connectivity index is 2.03. The Morgan fingerprint density at radius 2 is 2.10 bits per heavy atom. The first-order valence-corrected chi connectivity index (χ1v) is 7.06. The van der Waals surface area contributed by atoms with Gasteiger partial charge in [-0.1, -0.05) is 19.4 Å². The van der Waals surface area contributed by atoms with Crippen LogP contribution in [0.2, 0.25) is 0 Å². The number of halogens is 1. The molecule has 0 aliphatic heterocycles. The van der Waals surface area contributed by atoms with Gasteiger partial charge in [-0.3, -0.25) is 4.79 Å². The Hall–Kier alpha value is -1.46. The molecule has 0 spiro atoms. The highest BCUT2D eigenvalue weighted by atomic mass is 19.1. The standard InChI is InChI=1S/C15H23FN2O2/c1-2-3-9-20-10-5-8-17-12-15(19)18-14-7-4-6-13(16)11-14/h4,6-7,11,17H,2-3,5,8-10,12H2,1H3,(H,18,19). The molecule has 5 heteroatoms. The fraction of sp³-hybridized carbons (Fsp3) is 0.533. The molecule has 0 aliphatic rings. The van der Waals surface area contributed by atoms with E-state index < -0.39 is 0 Å². The highest BCUT2D eigenvalue weighted by molar-refractivity contribution is 5.92.